The second-order valence-electron chi connectivity index (χ2n) is 7.49. The number of carbonyl (C=O) groups is 3. The Hall–Kier alpha value is -2.83. The van der Waals surface area contributed by atoms with Crippen LogP contribution in [0.4, 0.5) is 10.5 Å². The molecule has 0 aromatic heterocycles. The van der Waals surface area contributed by atoms with Gasteiger partial charge >= 0.3 is 12.1 Å². The zero-order valence-corrected chi connectivity index (χ0v) is 16.2. The summed E-state index contributed by atoms with van der Waals surface area (Å²) in [5, 5.41) is 8.69. The number of nitrogens with zero attached hydrogens (tertiary/aromatic N) is 2. The highest BCUT2D eigenvalue weighted by Crippen LogP contribution is 2.22. The smallest absolute Gasteiger partial charge is 0.410 e. The summed E-state index contributed by atoms with van der Waals surface area (Å²) < 4.78 is 5.40. The van der Waals surface area contributed by atoms with E-state index < -0.39 is 11.6 Å². The lowest BCUT2D eigenvalue weighted by atomic mass is 10.0. The van der Waals surface area contributed by atoms with E-state index in [1.54, 1.807) is 11.0 Å². The Labute approximate surface area is 159 Å². The number of hydrogen-bond acceptors (Lipinski definition) is 5. The summed E-state index contributed by atoms with van der Waals surface area (Å²) in [6, 6.07) is 5.54. The number of carboxylic acid groups (broad SMARTS) is 1. The Morgan fingerprint density at radius 3 is 2.26 bits per heavy atom. The monoisotopic (exact) mass is 374 g/mol. The van der Waals surface area contributed by atoms with Crippen molar-refractivity contribution >= 4 is 23.5 Å². The van der Waals surface area contributed by atoms with Crippen LogP contribution >= 0.6 is 0 Å². The first kappa shape index (κ1) is 20.5. The number of benzene rings is 1. The molecule has 1 heterocycles. The van der Waals surface area contributed by atoms with Gasteiger partial charge < -0.3 is 19.6 Å². The molecule has 0 unspecified atom stereocenters. The average Bonchev–Trinajstić information content (AvgIpc) is 2.58. The molecule has 7 nitrogen and oxygen atoms in total. The van der Waals surface area contributed by atoms with Gasteiger partial charge in [-0.3, -0.25) is 4.79 Å². The molecule has 0 spiro atoms. The molecule has 1 aliphatic heterocycles. The van der Waals surface area contributed by atoms with Gasteiger partial charge in [0.25, 0.3) is 0 Å². The molecule has 1 aromatic rings. The minimum absolute atomic E-state index is 0.319. The Morgan fingerprint density at radius 1 is 1.07 bits per heavy atom. The van der Waals surface area contributed by atoms with Crippen molar-refractivity contribution in [1.82, 2.24) is 4.90 Å². The van der Waals surface area contributed by atoms with Gasteiger partial charge in [-0.2, -0.15) is 0 Å². The van der Waals surface area contributed by atoms with E-state index in [1.165, 1.54) is 0 Å². The molecule has 1 fully saturated rings. The van der Waals surface area contributed by atoms with Crippen molar-refractivity contribution in [2.75, 3.05) is 31.1 Å². The minimum Gasteiger partial charge on any atom is -0.478 e. The molecular formula is C20H26N2O5. The molecule has 1 aliphatic rings. The maximum Gasteiger partial charge on any atom is 0.410 e. The molecule has 27 heavy (non-hydrogen) atoms. The lowest BCUT2D eigenvalue weighted by Gasteiger charge is -2.37. The molecule has 0 atom stereocenters. The lowest BCUT2D eigenvalue weighted by Crippen LogP contribution is -2.50. The maximum atomic E-state index is 12.2. The van der Waals surface area contributed by atoms with Crippen LogP contribution in [0, 0.1) is 6.92 Å². The van der Waals surface area contributed by atoms with E-state index in [2.05, 4.69) is 4.90 Å². The standard InChI is InChI=1S/C20H26N2O5/c1-14-5-6-15(13-16(14)17(23)7-8-18(24)25)21-9-11-22(12-10-21)19(26)27-20(2,3)4/h5-8,13H,9-12H2,1-4H3,(H,24,25). The predicted molar refractivity (Wildman–Crippen MR) is 102 cm³/mol. The number of ether oxygens (including phenoxy) is 1. The number of ketones is 1. The summed E-state index contributed by atoms with van der Waals surface area (Å²) in [6.07, 6.45) is 1.59. The minimum atomic E-state index is -1.16. The summed E-state index contributed by atoms with van der Waals surface area (Å²) in [5.74, 6) is -1.50. The highest BCUT2D eigenvalue weighted by molar-refractivity contribution is 6.08. The molecule has 0 saturated carbocycles. The average molecular weight is 374 g/mol. The zero-order valence-electron chi connectivity index (χ0n) is 16.2. The quantitative estimate of drug-likeness (QED) is 0.644. The van der Waals surface area contributed by atoms with Crippen LogP contribution in [-0.2, 0) is 9.53 Å². The molecule has 1 amide bonds. The van der Waals surface area contributed by atoms with E-state index in [-0.39, 0.29) is 11.9 Å². The first-order valence-electron chi connectivity index (χ1n) is 8.86. The van der Waals surface area contributed by atoms with Gasteiger partial charge in [0.05, 0.1) is 0 Å². The molecule has 0 bridgehead atoms. The van der Waals surface area contributed by atoms with Gasteiger partial charge in [0, 0.05) is 43.5 Å². The number of piperazine rings is 1. The van der Waals surface area contributed by atoms with E-state index in [4.69, 9.17) is 9.84 Å². The Bertz CT molecular complexity index is 756. The van der Waals surface area contributed by atoms with Crippen molar-refractivity contribution in [2.45, 2.75) is 33.3 Å². The first-order chi connectivity index (χ1) is 12.6. The van der Waals surface area contributed by atoms with Gasteiger partial charge in [-0.1, -0.05) is 6.07 Å². The van der Waals surface area contributed by atoms with Crippen LogP contribution in [0.5, 0.6) is 0 Å². The zero-order chi connectivity index (χ0) is 20.2. The molecular weight excluding hydrogens is 348 g/mol. The summed E-state index contributed by atoms with van der Waals surface area (Å²) in [6.45, 7) is 9.64. The number of hydrogen-bond donors (Lipinski definition) is 1. The molecule has 0 aliphatic carbocycles. The fraction of sp³-hybridized carbons (Fsp3) is 0.450. The van der Waals surface area contributed by atoms with Gasteiger partial charge in [0.2, 0.25) is 0 Å². The third kappa shape index (κ3) is 5.84. The van der Waals surface area contributed by atoms with Crippen LogP contribution in [-0.4, -0.2) is 59.6 Å². The van der Waals surface area contributed by atoms with Crippen molar-refractivity contribution in [3.63, 3.8) is 0 Å². The van der Waals surface area contributed by atoms with Crippen LogP contribution in [0.15, 0.2) is 30.4 Å². The van der Waals surface area contributed by atoms with Crippen LogP contribution < -0.4 is 4.90 Å². The molecule has 1 N–H and O–H groups in total. The van der Waals surface area contributed by atoms with E-state index in [9.17, 15) is 14.4 Å². The normalized spacial score (nSPS) is 15.1. The number of rotatable bonds is 4. The van der Waals surface area contributed by atoms with Crippen molar-refractivity contribution in [3.05, 3.63) is 41.5 Å². The van der Waals surface area contributed by atoms with Crippen LogP contribution in [0.1, 0.15) is 36.7 Å². The number of carboxylic acids is 1. The second-order valence-corrected chi connectivity index (χ2v) is 7.49. The van der Waals surface area contributed by atoms with Crippen molar-refractivity contribution in [3.8, 4) is 0 Å². The van der Waals surface area contributed by atoms with Crippen molar-refractivity contribution in [2.24, 2.45) is 0 Å². The van der Waals surface area contributed by atoms with Gasteiger partial charge in [-0.15, -0.1) is 0 Å². The van der Waals surface area contributed by atoms with E-state index in [1.807, 2.05) is 39.8 Å². The largest absolute Gasteiger partial charge is 0.478 e. The SMILES string of the molecule is Cc1ccc(N2CCN(C(=O)OC(C)(C)C)CC2)cc1C(=O)C=CC(=O)O. The Balaban J connectivity index is 2.06. The molecule has 2 rings (SSSR count). The summed E-state index contributed by atoms with van der Waals surface area (Å²) in [4.78, 5) is 38.8. The number of aliphatic carboxylic acids is 1. The van der Waals surface area contributed by atoms with Crippen LogP contribution in [0.25, 0.3) is 0 Å². The first-order valence-corrected chi connectivity index (χ1v) is 8.86. The highest BCUT2D eigenvalue weighted by atomic mass is 16.6. The summed E-state index contributed by atoms with van der Waals surface area (Å²) in [5.41, 5.74) is 1.60. The Kier molecular flexibility index (Phi) is 6.25. The molecule has 146 valence electrons. The fourth-order valence-corrected chi connectivity index (χ4v) is 2.78. The topological polar surface area (TPSA) is 87.2 Å². The van der Waals surface area contributed by atoms with Gasteiger partial charge in [0.15, 0.2) is 5.78 Å². The van der Waals surface area contributed by atoms with Crippen molar-refractivity contribution < 1.29 is 24.2 Å². The predicted octanol–water partition coefficient (Wildman–Crippen LogP) is 2.88. The van der Waals surface area contributed by atoms with E-state index in [0.717, 1.165) is 23.4 Å². The Morgan fingerprint density at radius 2 is 1.70 bits per heavy atom. The number of carbonyl (C=O) groups excluding carboxylic acids is 2. The van der Waals surface area contributed by atoms with Gasteiger partial charge in [-0.25, -0.2) is 9.59 Å². The lowest BCUT2D eigenvalue weighted by molar-refractivity contribution is -0.131. The van der Waals surface area contributed by atoms with Gasteiger partial charge in [0.1, 0.15) is 5.60 Å². The molecule has 0 radical (unpaired) electrons. The van der Waals surface area contributed by atoms with E-state index in [0.29, 0.717) is 31.7 Å². The molecule has 1 saturated heterocycles. The van der Waals surface area contributed by atoms with Crippen LogP contribution in [0.3, 0.4) is 0 Å². The number of allylic oxidation sites excluding steroid dienone is 1. The number of amides is 1. The van der Waals surface area contributed by atoms with Crippen molar-refractivity contribution in [1.29, 1.82) is 0 Å². The van der Waals surface area contributed by atoms with Gasteiger partial charge in [-0.05, 0) is 51.5 Å². The highest BCUT2D eigenvalue weighted by Gasteiger charge is 2.26. The maximum absolute atomic E-state index is 12.2. The van der Waals surface area contributed by atoms with E-state index >= 15 is 0 Å². The summed E-state index contributed by atoms with van der Waals surface area (Å²) >= 11 is 0. The third-order valence-electron chi connectivity index (χ3n) is 4.16. The second kappa shape index (κ2) is 8.24. The fourth-order valence-electron chi connectivity index (χ4n) is 2.78. The van der Waals surface area contributed by atoms with Crippen LogP contribution in [0.2, 0.25) is 0 Å². The number of anilines is 1. The molecule has 1 aromatic carbocycles. The third-order valence-corrected chi connectivity index (χ3v) is 4.16. The number of aryl methyl sites for hydroxylation is 1. The summed E-state index contributed by atoms with van der Waals surface area (Å²) in [7, 11) is 0. The molecule has 7 heteroatoms.